The van der Waals surface area contributed by atoms with Crippen molar-refractivity contribution < 1.29 is 31.9 Å². The van der Waals surface area contributed by atoms with E-state index in [1.807, 2.05) is 43.2 Å². The lowest BCUT2D eigenvalue weighted by atomic mass is 9.70. The quantitative estimate of drug-likeness (QED) is 0.170. The standard InChI is InChI=1S/C41H46F4N8O3/c1-20(2)51-19-47-29-13-27(48-35(33(29)51)49-28-12-26(21(3)31(42)32(28)43)36(54)50-41(9-10-41)37(44)45)22-11-30-34(46-16-22)39(4,5)38(55)53(30)24-14-40(6,15-24)52-17-25-8-7-23(52)18-56-25/h11-13,16,19-20,23-25,37H,7-10,14-15,17-18H2,1-6H3,(H,48,49)(H,50,54). The molecule has 56 heavy (non-hydrogen) atoms. The van der Waals surface area contributed by atoms with E-state index in [1.54, 1.807) is 18.6 Å². The molecule has 2 bridgehead atoms. The predicted octanol–water partition coefficient (Wildman–Crippen LogP) is 7.34. The van der Waals surface area contributed by atoms with Crippen LogP contribution in [0.4, 0.5) is 34.8 Å². The summed E-state index contributed by atoms with van der Waals surface area (Å²) in [6.45, 7) is 12.9. The molecule has 6 aliphatic rings. The van der Waals surface area contributed by atoms with Gasteiger partial charge >= 0.3 is 0 Å². The number of carbonyl (C=O) groups excluding carboxylic acids is 2. The molecule has 5 fully saturated rings. The molecule has 1 aromatic carbocycles. The smallest absolute Gasteiger partial charge is 0.261 e. The lowest BCUT2D eigenvalue weighted by molar-refractivity contribution is -0.159. The number of pyridine rings is 2. The van der Waals surface area contributed by atoms with E-state index in [0.29, 0.717) is 34.0 Å². The maximum Gasteiger partial charge on any atom is 0.261 e. The summed E-state index contributed by atoms with van der Waals surface area (Å²) in [7, 11) is 0. The van der Waals surface area contributed by atoms with E-state index < -0.39 is 40.6 Å². The third-order valence-corrected chi connectivity index (χ3v) is 13.0. The second kappa shape index (κ2) is 12.7. The number of halogens is 4. The van der Waals surface area contributed by atoms with Crippen LogP contribution in [0.2, 0.25) is 0 Å². The van der Waals surface area contributed by atoms with Crippen molar-refractivity contribution in [2.24, 2.45) is 0 Å². The Bertz CT molecular complexity index is 2290. The minimum atomic E-state index is -2.80. The van der Waals surface area contributed by atoms with Gasteiger partial charge in [-0.25, -0.2) is 27.5 Å². The SMILES string of the molecule is Cc1c(C(=O)NC2(C(F)F)CC2)cc(Nc2nc(-c3cnc4c(c3)N(C3CC(C)(N5CC6CCC5CO6)C3)C(=O)C4(C)C)cc3ncn(C(C)C)c23)c(F)c1F. The van der Waals surface area contributed by atoms with Gasteiger partial charge in [-0.15, -0.1) is 0 Å². The van der Waals surface area contributed by atoms with Gasteiger partial charge in [0.05, 0.1) is 52.7 Å². The highest BCUT2D eigenvalue weighted by Crippen LogP contribution is 2.51. The molecule has 4 aliphatic heterocycles. The first-order chi connectivity index (χ1) is 26.5. The molecule has 7 heterocycles. The number of fused-ring (bicyclic) bond motifs is 5. The van der Waals surface area contributed by atoms with Gasteiger partial charge < -0.3 is 24.8 Å². The Morgan fingerprint density at radius 1 is 1.02 bits per heavy atom. The average molecular weight is 775 g/mol. The summed E-state index contributed by atoms with van der Waals surface area (Å²) >= 11 is 0. The molecule has 2 saturated carbocycles. The van der Waals surface area contributed by atoms with Crippen LogP contribution in [0, 0.1) is 18.6 Å². The van der Waals surface area contributed by atoms with E-state index in [2.05, 4.69) is 27.4 Å². The van der Waals surface area contributed by atoms with Crippen molar-refractivity contribution in [2.45, 2.75) is 127 Å². The molecule has 296 valence electrons. The highest BCUT2D eigenvalue weighted by atomic mass is 19.3. The fourth-order valence-electron chi connectivity index (χ4n) is 9.40. The number of imidazole rings is 1. The van der Waals surface area contributed by atoms with Crippen LogP contribution in [0.15, 0.2) is 30.7 Å². The van der Waals surface area contributed by atoms with Crippen molar-refractivity contribution in [3.8, 4) is 11.3 Å². The van der Waals surface area contributed by atoms with E-state index in [4.69, 9.17) is 14.7 Å². The number of ether oxygens (including phenoxy) is 1. The largest absolute Gasteiger partial charge is 0.375 e. The van der Waals surface area contributed by atoms with Gasteiger partial charge in [-0.1, -0.05) is 0 Å². The molecule has 2 aliphatic carbocycles. The van der Waals surface area contributed by atoms with Crippen molar-refractivity contribution in [1.29, 1.82) is 0 Å². The number of rotatable bonds is 9. The third-order valence-electron chi connectivity index (χ3n) is 13.0. The van der Waals surface area contributed by atoms with Crippen LogP contribution in [0.3, 0.4) is 0 Å². The topological polar surface area (TPSA) is 118 Å². The highest BCUT2D eigenvalue weighted by Gasteiger charge is 2.57. The van der Waals surface area contributed by atoms with E-state index >= 15 is 8.78 Å². The zero-order valence-corrected chi connectivity index (χ0v) is 32.4. The second-order valence-electron chi connectivity index (χ2n) is 17.5. The van der Waals surface area contributed by atoms with Gasteiger partial charge in [0.15, 0.2) is 17.5 Å². The first-order valence-electron chi connectivity index (χ1n) is 19.5. The van der Waals surface area contributed by atoms with Gasteiger partial charge in [-0.3, -0.25) is 19.5 Å². The fraction of sp³-hybridized carbons (Fsp3) is 0.537. The van der Waals surface area contributed by atoms with Gasteiger partial charge in [0.25, 0.3) is 12.3 Å². The molecule has 15 heteroatoms. The number of morpholine rings is 1. The number of aromatic nitrogens is 4. The maximum absolute atomic E-state index is 15.7. The molecule has 0 radical (unpaired) electrons. The number of carbonyl (C=O) groups is 2. The van der Waals surface area contributed by atoms with Crippen LogP contribution in [0.5, 0.6) is 0 Å². The number of anilines is 3. The summed E-state index contributed by atoms with van der Waals surface area (Å²) in [5.74, 6) is -3.33. The van der Waals surface area contributed by atoms with Crippen molar-refractivity contribution in [3.63, 3.8) is 0 Å². The summed E-state index contributed by atoms with van der Waals surface area (Å²) < 4.78 is 66.4. The maximum atomic E-state index is 15.7. The second-order valence-corrected chi connectivity index (χ2v) is 17.5. The van der Waals surface area contributed by atoms with Crippen LogP contribution in [0.25, 0.3) is 22.3 Å². The summed E-state index contributed by atoms with van der Waals surface area (Å²) in [5, 5.41) is 5.27. The molecule has 2 amide bonds. The summed E-state index contributed by atoms with van der Waals surface area (Å²) in [6, 6.07) is 5.12. The number of hydrogen-bond donors (Lipinski definition) is 2. The Hall–Kier alpha value is -4.63. The summed E-state index contributed by atoms with van der Waals surface area (Å²) in [6.07, 6.45) is 4.83. The normalized spacial score (nSPS) is 26.2. The molecular weight excluding hydrogens is 728 g/mol. The van der Waals surface area contributed by atoms with Crippen molar-refractivity contribution in [2.75, 3.05) is 23.4 Å². The van der Waals surface area contributed by atoms with E-state index in [0.717, 1.165) is 50.6 Å². The molecule has 11 nitrogen and oxygen atoms in total. The molecule has 2 atom stereocenters. The van der Waals surface area contributed by atoms with Crippen molar-refractivity contribution in [3.05, 3.63) is 59.2 Å². The van der Waals surface area contributed by atoms with E-state index in [-0.39, 0.29) is 59.4 Å². The number of nitrogens with one attached hydrogen (secondary N) is 2. The summed E-state index contributed by atoms with van der Waals surface area (Å²) in [5.41, 5.74) is -0.102. The molecule has 2 N–H and O–H groups in total. The molecule has 0 spiro atoms. The molecular formula is C41H46F4N8O3. The fourth-order valence-corrected chi connectivity index (χ4v) is 9.40. The highest BCUT2D eigenvalue weighted by molar-refractivity contribution is 6.08. The number of nitrogens with zero attached hydrogens (tertiary/aromatic N) is 6. The number of hydrogen-bond acceptors (Lipinski definition) is 8. The lowest BCUT2D eigenvalue weighted by Crippen LogP contribution is -2.69. The van der Waals surface area contributed by atoms with Gasteiger partial charge in [0.1, 0.15) is 11.1 Å². The van der Waals surface area contributed by atoms with Crippen LogP contribution in [-0.2, 0) is 14.9 Å². The monoisotopic (exact) mass is 774 g/mol. The van der Waals surface area contributed by atoms with Crippen molar-refractivity contribution in [1.82, 2.24) is 29.7 Å². The zero-order valence-electron chi connectivity index (χ0n) is 32.4. The molecule has 3 saturated heterocycles. The van der Waals surface area contributed by atoms with Crippen LogP contribution < -0.4 is 15.5 Å². The Morgan fingerprint density at radius 3 is 2.39 bits per heavy atom. The summed E-state index contributed by atoms with van der Waals surface area (Å²) in [4.78, 5) is 46.2. The van der Waals surface area contributed by atoms with Gasteiger partial charge in [0.2, 0.25) is 5.91 Å². The first kappa shape index (κ1) is 37.0. The lowest BCUT2D eigenvalue weighted by Gasteiger charge is -2.60. The Labute approximate surface area is 322 Å². The number of alkyl halides is 2. The zero-order chi connectivity index (χ0) is 39.6. The Balaban J connectivity index is 1.07. The number of benzene rings is 1. The molecule has 4 aromatic rings. The molecule has 10 rings (SSSR count). The minimum Gasteiger partial charge on any atom is -0.375 e. The average Bonchev–Trinajstić information content (AvgIpc) is 3.77. The molecule has 2 unspecified atom stereocenters. The predicted molar refractivity (Wildman–Crippen MR) is 202 cm³/mol. The van der Waals surface area contributed by atoms with Crippen LogP contribution in [0.1, 0.15) is 101 Å². The van der Waals surface area contributed by atoms with Crippen LogP contribution >= 0.6 is 0 Å². The van der Waals surface area contributed by atoms with E-state index in [1.165, 1.54) is 6.92 Å². The Kier molecular flexibility index (Phi) is 8.38. The Morgan fingerprint density at radius 2 is 1.77 bits per heavy atom. The first-order valence-corrected chi connectivity index (χ1v) is 19.5. The number of amides is 2. The third kappa shape index (κ3) is 5.62. The van der Waals surface area contributed by atoms with Crippen LogP contribution in [-0.4, -0.2) is 85.1 Å². The van der Waals surface area contributed by atoms with Gasteiger partial charge in [-0.05, 0) is 98.3 Å². The minimum absolute atomic E-state index is 0.00740. The van der Waals surface area contributed by atoms with Gasteiger partial charge in [0, 0.05) is 53.1 Å². The van der Waals surface area contributed by atoms with Crippen molar-refractivity contribution >= 4 is 40.0 Å². The van der Waals surface area contributed by atoms with Gasteiger partial charge in [-0.2, -0.15) is 0 Å². The van der Waals surface area contributed by atoms with E-state index in [9.17, 15) is 18.4 Å². The number of piperidine rings is 1. The molecule has 3 aromatic heterocycles.